The van der Waals surface area contributed by atoms with Gasteiger partial charge in [-0.3, -0.25) is 39.1 Å². The first-order valence-corrected chi connectivity index (χ1v) is 20.8. The van der Waals surface area contributed by atoms with Crippen molar-refractivity contribution in [2.45, 2.75) is 76.1 Å². The highest BCUT2D eigenvalue weighted by Gasteiger charge is 2.45. The van der Waals surface area contributed by atoms with E-state index in [1.54, 1.807) is 30.3 Å². The summed E-state index contributed by atoms with van der Waals surface area (Å²) in [5.74, 6) is 0.260. The minimum absolute atomic E-state index is 0.0399. The highest BCUT2D eigenvalue weighted by Crippen LogP contribution is 2.35. The molecular weight excluding hydrogens is 760 g/mol. The topological polar surface area (TPSA) is 159 Å². The van der Waals surface area contributed by atoms with Crippen molar-refractivity contribution < 1.29 is 28.7 Å². The van der Waals surface area contributed by atoms with Gasteiger partial charge in [0.25, 0.3) is 17.7 Å². The molecule has 5 aliphatic heterocycles. The monoisotopic (exact) mass is 804 g/mol. The maximum Gasteiger partial charge on any atom is 0.262 e. The fraction of sp³-hybridized carbons (Fsp3) is 0.465. The summed E-state index contributed by atoms with van der Waals surface area (Å²) in [4.78, 5) is 79.2. The third-order valence-electron chi connectivity index (χ3n) is 12.8. The number of nitrogens with one attached hydrogen (secondary N) is 1. The maximum atomic E-state index is 13.5. The predicted molar refractivity (Wildman–Crippen MR) is 214 cm³/mol. The Morgan fingerprint density at radius 3 is 2.24 bits per heavy atom. The zero-order valence-electron chi connectivity index (χ0n) is 32.2. The number of imide groups is 2. The van der Waals surface area contributed by atoms with E-state index in [4.69, 9.17) is 26.6 Å². The molecule has 0 bridgehead atoms. The molecule has 14 nitrogen and oxygen atoms in total. The highest BCUT2D eigenvalue weighted by atomic mass is 35.5. The number of amides is 5. The van der Waals surface area contributed by atoms with E-state index in [1.807, 2.05) is 23.1 Å². The van der Waals surface area contributed by atoms with E-state index in [0.717, 1.165) is 106 Å². The second-order valence-electron chi connectivity index (χ2n) is 16.3. The molecule has 1 atom stereocenters. The summed E-state index contributed by atoms with van der Waals surface area (Å²) in [6.07, 6.45) is 5.77. The minimum atomic E-state index is -0.974. The molecule has 1 N–H and O–H groups in total. The number of aromatic nitrogens is 1. The fourth-order valence-corrected chi connectivity index (χ4v) is 9.76. The SMILES string of the molecule is N#Cc1ccc(O[C@H]2CC[C@H](N3Cc4nc(N5CCC(CN6CCN(c7ccc8c(c7)C(=O)N(C7CCC(=O)NC7=O)C8=O)CC6)CC5)ccc4C3=O)CC2)cc1Cl. The summed E-state index contributed by atoms with van der Waals surface area (Å²) >= 11 is 6.19. The van der Waals surface area contributed by atoms with Crippen molar-refractivity contribution in [2.75, 3.05) is 55.6 Å². The van der Waals surface area contributed by atoms with Gasteiger partial charge in [0, 0.05) is 70.0 Å². The summed E-state index contributed by atoms with van der Waals surface area (Å²) in [6, 6.07) is 15.7. The van der Waals surface area contributed by atoms with Crippen LogP contribution in [0.2, 0.25) is 5.02 Å². The van der Waals surface area contributed by atoms with Crippen LogP contribution in [-0.4, -0.2) is 113 Å². The van der Waals surface area contributed by atoms with Gasteiger partial charge in [-0.05, 0) is 93.3 Å². The van der Waals surface area contributed by atoms with Gasteiger partial charge in [-0.25, -0.2) is 4.98 Å². The van der Waals surface area contributed by atoms with E-state index in [0.29, 0.717) is 45.5 Å². The maximum absolute atomic E-state index is 13.5. The highest BCUT2D eigenvalue weighted by molar-refractivity contribution is 6.31. The molecule has 1 aromatic heterocycles. The quantitative estimate of drug-likeness (QED) is 0.322. The number of hydrogen-bond acceptors (Lipinski definition) is 11. The van der Waals surface area contributed by atoms with Crippen LogP contribution in [0.3, 0.4) is 0 Å². The lowest BCUT2D eigenvalue weighted by atomic mass is 9.92. The minimum Gasteiger partial charge on any atom is -0.490 e. The zero-order valence-corrected chi connectivity index (χ0v) is 33.0. The smallest absolute Gasteiger partial charge is 0.262 e. The lowest BCUT2D eigenvalue weighted by Gasteiger charge is -2.40. The number of carbonyl (C=O) groups excluding carboxylic acids is 5. The molecule has 1 saturated carbocycles. The molecule has 9 rings (SSSR count). The number of benzene rings is 2. The van der Waals surface area contributed by atoms with Crippen LogP contribution in [-0.2, 0) is 16.1 Å². The van der Waals surface area contributed by atoms with Crippen molar-refractivity contribution in [1.29, 1.82) is 5.26 Å². The molecule has 58 heavy (non-hydrogen) atoms. The van der Waals surface area contributed by atoms with Crippen molar-refractivity contribution in [3.8, 4) is 11.8 Å². The molecule has 2 aromatic carbocycles. The Kier molecular flexibility index (Phi) is 10.3. The Labute approximate surface area is 341 Å². The summed E-state index contributed by atoms with van der Waals surface area (Å²) < 4.78 is 6.17. The molecule has 3 saturated heterocycles. The number of rotatable bonds is 8. The third-order valence-corrected chi connectivity index (χ3v) is 13.1. The number of pyridine rings is 1. The molecule has 1 unspecified atom stereocenters. The number of nitriles is 1. The van der Waals surface area contributed by atoms with E-state index in [9.17, 15) is 24.0 Å². The number of piperidine rings is 2. The standard InChI is InChI=1S/C43H45ClN8O6/c44-35-22-31(5-1-27(35)23-45)58-30-6-2-28(3-7-30)51-25-36-33(41(51)55)9-11-38(46-36)50-15-13-26(14-16-50)24-48-17-19-49(20-18-48)29-4-8-32-34(21-29)43(57)52(42(32)56)37-10-12-39(53)47-40(37)54/h1,4-5,8-9,11,21-22,26,28,30,37H,2-3,6-7,10,12-20,24-25H2,(H,47,53,54)/t28-,30-,37?. The van der Waals surface area contributed by atoms with E-state index < -0.39 is 29.7 Å². The average Bonchev–Trinajstić information content (AvgIpc) is 3.69. The number of hydrogen-bond donors (Lipinski definition) is 1. The summed E-state index contributed by atoms with van der Waals surface area (Å²) in [5, 5.41) is 11.8. The van der Waals surface area contributed by atoms with Crippen LogP contribution in [0, 0.1) is 17.2 Å². The Balaban J connectivity index is 0.730. The Hall–Kier alpha value is -5.52. The van der Waals surface area contributed by atoms with Gasteiger partial charge in [0.15, 0.2) is 0 Å². The summed E-state index contributed by atoms with van der Waals surface area (Å²) in [6.45, 7) is 6.78. The number of carbonyl (C=O) groups is 5. The summed E-state index contributed by atoms with van der Waals surface area (Å²) in [5.41, 5.74) is 3.48. The first kappa shape index (κ1) is 38.0. The molecule has 0 spiro atoms. The number of anilines is 2. The second-order valence-corrected chi connectivity index (χ2v) is 16.7. The zero-order chi connectivity index (χ0) is 40.1. The first-order chi connectivity index (χ1) is 28.1. The normalized spacial score (nSPS) is 24.2. The van der Waals surface area contributed by atoms with Crippen molar-refractivity contribution in [3.05, 3.63) is 81.5 Å². The lowest BCUT2D eigenvalue weighted by Crippen LogP contribution is -2.54. The van der Waals surface area contributed by atoms with Gasteiger partial charge in [0.05, 0.1) is 45.6 Å². The average molecular weight is 805 g/mol. The molecule has 3 aromatic rings. The third kappa shape index (κ3) is 7.26. The molecule has 0 radical (unpaired) electrons. The Bertz CT molecular complexity index is 2220. The number of fused-ring (bicyclic) bond motifs is 2. The summed E-state index contributed by atoms with van der Waals surface area (Å²) in [7, 11) is 0. The molecule has 1 aliphatic carbocycles. The van der Waals surface area contributed by atoms with Crippen LogP contribution >= 0.6 is 11.6 Å². The van der Waals surface area contributed by atoms with Crippen LogP contribution in [0.4, 0.5) is 11.5 Å². The van der Waals surface area contributed by atoms with Gasteiger partial charge < -0.3 is 19.4 Å². The van der Waals surface area contributed by atoms with E-state index in [2.05, 4.69) is 26.1 Å². The van der Waals surface area contributed by atoms with Gasteiger partial charge >= 0.3 is 0 Å². The second kappa shape index (κ2) is 15.7. The predicted octanol–water partition coefficient (Wildman–Crippen LogP) is 4.39. The van der Waals surface area contributed by atoms with Crippen LogP contribution in [0.15, 0.2) is 48.5 Å². The van der Waals surface area contributed by atoms with Crippen molar-refractivity contribution in [3.63, 3.8) is 0 Å². The fourth-order valence-electron chi connectivity index (χ4n) is 9.55. The lowest BCUT2D eigenvalue weighted by molar-refractivity contribution is -0.136. The van der Waals surface area contributed by atoms with Crippen LogP contribution < -0.4 is 19.9 Å². The van der Waals surface area contributed by atoms with Gasteiger partial charge in [-0.15, -0.1) is 0 Å². The Morgan fingerprint density at radius 1 is 0.776 bits per heavy atom. The van der Waals surface area contributed by atoms with Crippen LogP contribution in [0.5, 0.6) is 5.75 Å². The van der Waals surface area contributed by atoms with E-state index >= 15 is 0 Å². The van der Waals surface area contributed by atoms with Gasteiger partial charge in [0.2, 0.25) is 11.8 Å². The molecule has 15 heteroatoms. The van der Waals surface area contributed by atoms with Gasteiger partial charge in [-0.2, -0.15) is 5.26 Å². The van der Waals surface area contributed by atoms with Crippen molar-refractivity contribution >= 4 is 52.6 Å². The Morgan fingerprint density at radius 2 is 1.52 bits per heavy atom. The van der Waals surface area contributed by atoms with Gasteiger partial charge in [-0.1, -0.05) is 11.6 Å². The number of piperazine rings is 1. The van der Waals surface area contributed by atoms with Crippen LogP contribution in [0.1, 0.15) is 93.7 Å². The van der Waals surface area contributed by atoms with Crippen LogP contribution in [0.25, 0.3) is 0 Å². The molecule has 4 fully saturated rings. The number of halogens is 1. The molecular formula is C43H45ClN8O6. The molecule has 300 valence electrons. The molecule has 5 amide bonds. The van der Waals surface area contributed by atoms with Gasteiger partial charge in [0.1, 0.15) is 23.7 Å². The molecule has 6 heterocycles. The first-order valence-electron chi connectivity index (χ1n) is 20.4. The van der Waals surface area contributed by atoms with Crippen molar-refractivity contribution in [1.82, 2.24) is 25.0 Å². The van der Waals surface area contributed by atoms with E-state index in [-0.39, 0.29) is 30.9 Å². The van der Waals surface area contributed by atoms with E-state index in [1.165, 1.54) is 0 Å². The number of ether oxygens (including phenoxy) is 1. The van der Waals surface area contributed by atoms with Crippen molar-refractivity contribution in [2.24, 2.45) is 5.92 Å². The molecule has 6 aliphatic rings. The largest absolute Gasteiger partial charge is 0.490 e. The number of nitrogens with zero attached hydrogens (tertiary/aromatic N) is 7.